The summed E-state index contributed by atoms with van der Waals surface area (Å²) in [6, 6.07) is 0.00489. The lowest BCUT2D eigenvalue weighted by atomic mass is 9.84. The lowest BCUT2D eigenvalue weighted by molar-refractivity contribution is -0.137. The molecule has 0 aromatic rings. The van der Waals surface area contributed by atoms with Crippen molar-refractivity contribution in [2.24, 2.45) is 5.41 Å². The van der Waals surface area contributed by atoms with E-state index in [1.165, 1.54) is 0 Å². The molecule has 5 heteroatoms. The zero-order valence-electron chi connectivity index (χ0n) is 10.7. The van der Waals surface area contributed by atoms with Gasteiger partial charge in [0.15, 0.2) is 0 Å². The fourth-order valence-corrected chi connectivity index (χ4v) is 1.90. The minimum absolute atomic E-state index is 0.00489. The van der Waals surface area contributed by atoms with Crippen LogP contribution in [0, 0.1) is 5.41 Å². The predicted molar refractivity (Wildman–Crippen MR) is 64.9 cm³/mol. The van der Waals surface area contributed by atoms with E-state index in [9.17, 15) is 9.59 Å². The highest BCUT2D eigenvalue weighted by Gasteiger charge is 2.23. The number of carboxylic acid groups (broad SMARTS) is 1. The van der Waals surface area contributed by atoms with Gasteiger partial charge in [0.25, 0.3) is 0 Å². The van der Waals surface area contributed by atoms with Gasteiger partial charge in [-0.2, -0.15) is 0 Å². The van der Waals surface area contributed by atoms with Gasteiger partial charge in [-0.25, -0.2) is 4.79 Å². The highest BCUT2D eigenvalue weighted by atomic mass is 16.4. The lowest BCUT2D eigenvalue weighted by Crippen LogP contribution is -2.47. The van der Waals surface area contributed by atoms with E-state index in [-0.39, 0.29) is 17.9 Å². The summed E-state index contributed by atoms with van der Waals surface area (Å²) < 4.78 is 0. The van der Waals surface area contributed by atoms with Crippen LogP contribution in [0.4, 0.5) is 4.79 Å². The Labute approximate surface area is 102 Å². The third-order valence-corrected chi connectivity index (χ3v) is 3.24. The number of aliphatic carboxylic acids is 1. The van der Waals surface area contributed by atoms with E-state index in [2.05, 4.69) is 19.2 Å². The molecule has 0 spiro atoms. The van der Waals surface area contributed by atoms with Crippen molar-refractivity contribution in [2.45, 2.75) is 39.5 Å². The molecule has 1 aliphatic heterocycles. The molecule has 0 unspecified atom stereocenters. The fourth-order valence-electron chi connectivity index (χ4n) is 1.90. The van der Waals surface area contributed by atoms with Crippen LogP contribution in [0.2, 0.25) is 0 Å². The molecule has 0 atom stereocenters. The van der Waals surface area contributed by atoms with Crippen LogP contribution in [0.25, 0.3) is 0 Å². The first-order valence-corrected chi connectivity index (χ1v) is 6.15. The normalized spacial score (nSPS) is 16.8. The third-order valence-electron chi connectivity index (χ3n) is 3.24. The van der Waals surface area contributed by atoms with Crippen LogP contribution in [0.15, 0.2) is 0 Å². The number of urea groups is 1. The summed E-state index contributed by atoms with van der Waals surface area (Å²) in [5.74, 6) is -0.756. The Hall–Kier alpha value is -1.26. The molecule has 0 radical (unpaired) electrons. The van der Waals surface area contributed by atoms with E-state index in [0.29, 0.717) is 13.0 Å². The van der Waals surface area contributed by atoms with Crippen molar-refractivity contribution in [3.05, 3.63) is 0 Å². The monoisotopic (exact) mass is 242 g/mol. The maximum Gasteiger partial charge on any atom is 0.317 e. The van der Waals surface area contributed by atoms with Crippen LogP contribution >= 0.6 is 0 Å². The van der Waals surface area contributed by atoms with Gasteiger partial charge in [0.2, 0.25) is 0 Å². The van der Waals surface area contributed by atoms with Crippen LogP contribution < -0.4 is 5.32 Å². The molecule has 98 valence electrons. The number of rotatable bonds is 6. The van der Waals surface area contributed by atoms with Crippen molar-refractivity contribution in [3.8, 4) is 0 Å². The van der Waals surface area contributed by atoms with Crippen LogP contribution in [0.1, 0.15) is 39.5 Å². The van der Waals surface area contributed by atoms with Gasteiger partial charge < -0.3 is 15.3 Å². The summed E-state index contributed by atoms with van der Waals surface area (Å²) in [4.78, 5) is 23.8. The van der Waals surface area contributed by atoms with Crippen molar-refractivity contribution in [2.75, 3.05) is 19.6 Å². The summed E-state index contributed by atoms with van der Waals surface area (Å²) in [5, 5.41) is 11.5. The molecule has 0 saturated carbocycles. The van der Waals surface area contributed by atoms with Crippen molar-refractivity contribution >= 4 is 12.0 Å². The molecule has 1 heterocycles. The smallest absolute Gasteiger partial charge is 0.317 e. The second-order valence-electron chi connectivity index (χ2n) is 5.38. The Kier molecular flexibility index (Phi) is 4.78. The number of carboxylic acids is 1. The summed E-state index contributed by atoms with van der Waals surface area (Å²) >= 11 is 0. The van der Waals surface area contributed by atoms with Crippen molar-refractivity contribution in [1.29, 1.82) is 0 Å². The molecule has 0 aromatic carbocycles. The zero-order valence-corrected chi connectivity index (χ0v) is 10.7. The Morgan fingerprint density at radius 2 is 2.18 bits per heavy atom. The van der Waals surface area contributed by atoms with Crippen LogP contribution in [0.3, 0.4) is 0 Å². The molecule has 5 nitrogen and oxygen atoms in total. The average Bonchev–Trinajstić information content (AvgIpc) is 2.26. The van der Waals surface area contributed by atoms with Gasteiger partial charge in [0.05, 0.1) is 0 Å². The standard InChI is InChI=1S/C12H22N2O3/c1-12(2,5-4-10(15)16)6-9-14-8-3-7-13-11(14)17/h3-9H2,1-2H3,(H,13,17)(H,15,16). The summed E-state index contributed by atoms with van der Waals surface area (Å²) in [7, 11) is 0. The van der Waals surface area contributed by atoms with Gasteiger partial charge in [-0.1, -0.05) is 13.8 Å². The Morgan fingerprint density at radius 3 is 2.76 bits per heavy atom. The highest BCUT2D eigenvalue weighted by Crippen LogP contribution is 2.27. The van der Waals surface area contributed by atoms with Crippen LogP contribution in [0.5, 0.6) is 0 Å². The van der Waals surface area contributed by atoms with Gasteiger partial charge in [-0.15, -0.1) is 0 Å². The number of hydrogen-bond acceptors (Lipinski definition) is 2. The second kappa shape index (κ2) is 5.89. The molecule has 1 saturated heterocycles. The Balaban J connectivity index is 2.32. The second-order valence-corrected chi connectivity index (χ2v) is 5.38. The molecular weight excluding hydrogens is 220 g/mol. The summed E-state index contributed by atoms with van der Waals surface area (Å²) in [6.07, 6.45) is 2.67. The molecule has 1 aliphatic rings. The maximum atomic E-state index is 11.5. The number of carbonyl (C=O) groups excluding carboxylic acids is 1. The van der Waals surface area contributed by atoms with Gasteiger partial charge in [-0.05, 0) is 24.7 Å². The maximum absolute atomic E-state index is 11.5. The predicted octanol–water partition coefficient (Wildman–Crippen LogP) is 1.68. The first-order chi connectivity index (χ1) is 7.91. The van der Waals surface area contributed by atoms with E-state index in [0.717, 1.165) is 25.9 Å². The highest BCUT2D eigenvalue weighted by molar-refractivity contribution is 5.74. The molecule has 0 bridgehead atoms. The zero-order chi connectivity index (χ0) is 12.9. The number of nitrogens with zero attached hydrogens (tertiary/aromatic N) is 1. The molecular formula is C12H22N2O3. The topological polar surface area (TPSA) is 69.6 Å². The van der Waals surface area contributed by atoms with E-state index in [1.807, 2.05) is 4.90 Å². The summed E-state index contributed by atoms with van der Waals surface area (Å²) in [5.41, 5.74) is -0.0316. The van der Waals surface area contributed by atoms with Crippen molar-refractivity contribution in [3.63, 3.8) is 0 Å². The largest absolute Gasteiger partial charge is 0.481 e. The molecule has 2 N–H and O–H groups in total. The van der Waals surface area contributed by atoms with Gasteiger partial charge in [-0.3, -0.25) is 4.79 Å². The van der Waals surface area contributed by atoms with Gasteiger partial charge in [0.1, 0.15) is 0 Å². The number of nitrogens with one attached hydrogen (secondary N) is 1. The van der Waals surface area contributed by atoms with E-state index in [1.54, 1.807) is 0 Å². The number of hydrogen-bond donors (Lipinski definition) is 2. The summed E-state index contributed by atoms with van der Waals surface area (Å²) in [6.45, 7) is 6.38. The Morgan fingerprint density at radius 1 is 1.47 bits per heavy atom. The molecule has 0 aromatic heterocycles. The quantitative estimate of drug-likeness (QED) is 0.744. The fraction of sp³-hybridized carbons (Fsp3) is 0.833. The number of carbonyl (C=O) groups is 2. The van der Waals surface area contributed by atoms with E-state index in [4.69, 9.17) is 5.11 Å². The van der Waals surface area contributed by atoms with E-state index >= 15 is 0 Å². The molecule has 17 heavy (non-hydrogen) atoms. The number of amides is 2. The van der Waals surface area contributed by atoms with Crippen molar-refractivity contribution in [1.82, 2.24) is 10.2 Å². The van der Waals surface area contributed by atoms with Gasteiger partial charge >= 0.3 is 12.0 Å². The third kappa shape index (κ3) is 5.06. The van der Waals surface area contributed by atoms with Gasteiger partial charge in [0, 0.05) is 26.1 Å². The molecule has 1 rings (SSSR count). The first kappa shape index (κ1) is 13.8. The van der Waals surface area contributed by atoms with E-state index < -0.39 is 5.97 Å². The first-order valence-electron chi connectivity index (χ1n) is 6.15. The lowest BCUT2D eigenvalue weighted by Gasteiger charge is -2.31. The molecule has 0 aliphatic carbocycles. The van der Waals surface area contributed by atoms with Crippen LogP contribution in [-0.4, -0.2) is 41.6 Å². The van der Waals surface area contributed by atoms with Crippen molar-refractivity contribution < 1.29 is 14.7 Å². The minimum Gasteiger partial charge on any atom is -0.481 e. The minimum atomic E-state index is -0.756. The van der Waals surface area contributed by atoms with Crippen LogP contribution in [-0.2, 0) is 4.79 Å². The SMILES string of the molecule is CC(C)(CCC(=O)O)CCN1CCCNC1=O. The average molecular weight is 242 g/mol. The molecule has 1 fully saturated rings. The Bertz CT molecular complexity index is 289. The molecule has 2 amide bonds.